The predicted molar refractivity (Wildman–Crippen MR) is 187 cm³/mol. The summed E-state index contributed by atoms with van der Waals surface area (Å²) in [5.74, 6) is 1.85. The highest BCUT2D eigenvalue weighted by Crippen LogP contribution is 2.24. The molecule has 1 aliphatic rings. The van der Waals surface area contributed by atoms with Crippen molar-refractivity contribution in [3.8, 4) is 11.3 Å². The van der Waals surface area contributed by atoms with Gasteiger partial charge in [-0.15, -0.1) is 13.2 Å². The highest BCUT2D eigenvalue weighted by molar-refractivity contribution is 5.79. The number of aldehydes is 1. The third-order valence-electron chi connectivity index (χ3n) is 7.61. The molecule has 0 saturated carbocycles. The summed E-state index contributed by atoms with van der Waals surface area (Å²) >= 11 is 0. The summed E-state index contributed by atoms with van der Waals surface area (Å²) in [5, 5.41) is 0. The van der Waals surface area contributed by atoms with E-state index in [1.165, 1.54) is 37.1 Å². The molecule has 0 aliphatic carbocycles. The number of nitrogens with one attached hydrogen (secondary N) is 1. The third-order valence-corrected chi connectivity index (χ3v) is 7.61. The molecular weight excluding hydrogens is 565 g/mol. The van der Waals surface area contributed by atoms with Gasteiger partial charge in [-0.1, -0.05) is 48.5 Å². The van der Waals surface area contributed by atoms with E-state index in [0.717, 1.165) is 61.3 Å². The SMILES string of the molecule is C=C.CC.CCC(C=O)CC(=O)N1CCCCC1.CCC(CC)c1cn(C)cn1.Cc1cc(F)ccc1-c1cnc(C(C)C)[nH]1. The Morgan fingerprint density at radius 3 is 2.11 bits per heavy atom. The van der Waals surface area contributed by atoms with E-state index >= 15 is 0 Å². The lowest BCUT2D eigenvalue weighted by atomic mass is 10.0. The standard InChI is InChI=1S/C13H15FN2.C11H19NO2.C9H16N2.C2H6.C2H4/c1-8(2)13-15-7-12(16-13)11-5-4-10(14)6-9(11)3;1-2-10(9-13)8-11(14)12-6-4-3-5-7-12;1-4-8(5-2)9-6-11(3)7-10-9;2*1-2/h4-8H,1-3H3,(H,15,16);9-10H,2-8H2,1H3;6-8H,4-5H2,1-3H3;1-2H3;1-2H2. The van der Waals surface area contributed by atoms with Crippen LogP contribution in [-0.2, 0) is 16.6 Å². The Kier molecular flexibility index (Phi) is 21.9. The number of likely N-dealkylation sites (tertiary alicyclic amines) is 1. The fourth-order valence-electron chi connectivity index (χ4n) is 4.83. The number of hydrogen-bond donors (Lipinski definition) is 1. The number of H-pyrrole nitrogens is 1. The summed E-state index contributed by atoms with van der Waals surface area (Å²) in [6.07, 6.45) is 13.7. The molecule has 0 spiro atoms. The van der Waals surface area contributed by atoms with Crippen molar-refractivity contribution < 1.29 is 14.0 Å². The fourth-order valence-corrected chi connectivity index (χ4v) is 4.83. The van der Waals surface area contributed by atoms with E-state index < -0.39 is 0 Å². The first-order chi connectivity index (χ1) is 21.6. The van der Waals surface area contributed by atoms with Crippen LogP contribution in [0, 0.1) is 18.7 Å². The van der Waals surface area contributed by atoms with Gasteiger partial charge < -0.3 is 19.2 Å². The molecule has 7 nitrogen and oxygen atoms in total. The molecule has 1 aliphatic heterocycles. The Hall–Kier alpha value is -3.55. The van der Waals surface area contributed by atoms with Crippen LogP contribution in [0.25, 0.3) is 11.3 Å². The maximum atomic E-state index is 13.0. The molecule has 1 amide bonds. The average Bonchev–Trinajstić information content (AvgIpc) is 3.73. The highest BCUT2D eigenvalue weighted by Gasteiger charge is 2.19. The Morgan fingerprint density at radius 1 is 1.04 bits per heavy atom. The number of halogens is 1. The molecule has 1 saturated heterocycles. The smallest absolute Gasteiger partial charge is 0.223 e. The highest BCUT2D eigenvalue weighted by atomic mass is 19.1. The number of carbonyl (C=O) groups excluding carboxylic acids is 2. The average molecular weight is 626 g/mol. The summed E-state index contributed by atoms with van der Waals surface area (Å²) in [7, 11) is 2.01. The molecule has 1 fully saturated rings. The Balaban J connectivity index is 0.000000619. The van der Waals surface area contributed by atoms with Gasteiger partial charge in [0, 0.05) is 56.1 Å². The van der Waals surface area contributed by atoms with Crippen molar-refractivity contribution in [2.45, 2.75) is 112 Å². The van der Waals surface area contributed by atoms with Crippen molar-refractivity contribution in [1.82, 2.24) is 24.4 Å². The van der Waals surface area contributed by atoms with Crippen LogP contribution in [0.2, 0.25) is 0 Å². The lowest BCUT2D eigenvalue weighted by Gasteiger charge is -2.27. The summed E-state index contributed by atoms with van der Waals surface area (Å²) in [4.78, 5) is 36.1. The Bertz CT molecular complexity index is 1210. The summed E-state index contributed by atoms with van der Waals surface area (Å²) < 4.78 is 15.0. The largest absolute Gasteiger partial charge is 0.343 e. The molecule has 0 bridgehead atoms. The van der Waals surface area contributed by atoms with Gasteiger partial charge in [0.1, 0.15) is 17.9 Å². The number of aromatic amines is 1. The molecule has 3 heterocycles. The molecule has 3 aromatic rings. The van der Waals surface area contributed by atoms with Crippen LogP contribution in [-0.4, -0.2) is 49.7 Å². The molecule has 45 heavy (non-hydrogen) atoms. The molecular formula is C37H60FN5O2. The molecule has 4 rings (SSSR count). The Morgan fingerprint density at radius 2 is 1.67 bits per heavy atom. The van der Waals surface area contributed by atoms with E-state index in [1.807, 2.05) is 50.5 Å². The molecule has 252 valence electrons. The number of aromatic nitrogens is 4. The van der Waals surface area contributed by atoms with Gasteiger partial charge in [0.05, 0.1) is 23.9 Å². The summed E-state index contributed by atoms with van der Waals surface area (Å²) in [6.45, 7) is 24.2. The van der Waals surface area contributed by atoms with Crippen LogP contribution in [0.15, 0.2) is 50.1 Å². The number of carbonyl (C=O) groups is 2. The minimum Gasteiger partial charge on any atom is -0.343 e. The van der Waals surface area contributed by atoms with Crippen molar-refractivity contribution in [2.75, 3.05) is 13.1 Å². The topological polar surface area (TPSA) is 83.9 Å². The minimum atomic E-state index is -0.204. The van der Waals surface area contributed by atoms with Crippen molar-refractivity contribution >= 4 is 12.2 Å². The van der Waals surface area contributed by atoms with Gasteiger partial charge >= 0.3 is 0 Å². The van der Waals surface area contributed by atoms with Crippen molar-refractivity contribution in [1.29, 1.82) is 0 Å². The van der Waals surface area contributed by atoms with E-state index in [4.69, 9.17) is 0 Å². The number of amides is 1. The summed E-state index contributed by atoms with van der Waals surface area (Å²) in [6, 6.07) is 4.78. The first-order valence-electron chi connectivity index (χ1n) is 16.7. The van der Waals surface area contributed by atoms with Crippen LogP contribution < -0.4 is 0 Å². The minimum absolute atomic E-state index is 0.0792. The van der Waals surface area contributed by atoms with E-state index in [-0.39, 0.29) is 17.6 Å². The van der Waals surface area contributed by atoms with Crippen LogP contribution in [0.5, 0.6) is 0 Å². The molecule has 0 radical (unpaired) electrons. The normalized spacial score (nSPS) is 12.8. The number of imidazole rings is 2. The van der Waals surface area contributed by atoms with Crippen LogP contribution >= 0.6 is 0 Å². The van der Waals surface area contributed by atoms with Crippen molar-refractivity contribution in [2.24, 2.45) is 13.0 Å². The molecule has 8 heteroatoms. The maximum absolute atomic E-state index is 13.0. The van der Waals surface area contributed by atoms with Crippen LogP contribution in [0.4, 0.5) is 4.39 Å². The van der Waals surface area contributed by atoms with Crippen molar-refractivity contribution in [3.63, 3.8) is 0 Å². The summed E-state index contributed by atoms with van der Waals surface area (Å²) in [5.41, 5.74) is 4.10. The lowest BCUT2D eigenvalue weighted by molar-refractivity contribution is -0.134. The lowest BCUT2D eigenvalue weighted by Crippen LogP contribution is -2.36. The van der Waals surface area contributed by atoms with Gasteiger partial charge in [-0.2, -0.15) is 0 Å². The van der Waals surface area contributed by atoms with Gasteiger partial charge in [0.25, 0.3) is 0 Å². The van der Waals surface area contributed by atoms with Crippen molar-refractivity contribution in [3.05, 3.63) is 73.0 Å². The monoisotopic (exact) mass is 625 g/mol. The second-order valence-electron chi connectivity index (χ2n) is 11.2. The number of benzene rings is 1. The quantitative estimate of drug-likeness (QED) is 0.190. The number of piperidine rings is 1. The zero-order valence-corrected chi connectivity index (χ0v) is 29.5. The van der Waals surface area contributed by atoms with Gasteiger partial charge in [0.15, 0.2) is 0 Å². The van der Waals surface area contributed by atoms with E-state index in [0.29, 0.717) is 18.3 Å². The van der Waals surface area contributed by atoms with Gasteiger partial charge in [-0.3, -0.25) is 4.79 Å². The third kappa shape index (κ3) is 14.9. The van der Waals surface area contributed by atoms with Crippen LogP contribution in [0.3, 0.4) is 0 Å². The second-order valence-corrected chi connectivity index (χ2v) is 11.2. The first kappa shape index (κ1) is 41.4. The predicted octanol–water partition coefficient (Wildman–Crippen LogP) is 9.41. The number of aryl methyl sites for hydroxylation is 2. The van der Waals surface area contributed by atoms with E-state index in [9.17, 15) is 14.0 Å². The number of nitrogens with zero attached hydrogens (tertiary/aromatic N) is 4. The molecule has 1 atom stereocenters. The number of hydrogen-bond acceptors (Lipinski definition) is 4. The van der Waals surface area contributed by atoms with Gasteiger partial charge in [-0.05, 0) is 69.2 Å². The molecule has 1 aromatic carbocycles. The zero-order valence-electron chi connectivity index (χ0n) is 29.5. The first-order valence-corrected chi connectivity index (χ1v) is 16.7. The van der Waals surface area contributed by atoms with E-state index in [2.05, 4.69) is 62.0 Å². The van der Waals surface area contributed by atoms with Gasteiger partial charge in [-0.25, -0.2) is 14.4 Å². The van der Waals surface area contributed by atoms with Crippen LogP contribution in [0.1, 0.15) is 122 Å². The molecule has 1 N–H and O–H groups in total. The zero-order chi connectivity index (χ0) is 34.4. The second kappa shape index (κ2) is 23.8. The Labute approximate surface area is 272 Å². The van der Waals surface area contributed by atoms with E-state index in [1.54, 1.807) is 12.3 Å². The fraction of sp³-hybridized carbons (Fsp3) is 0.568. The molecule has 2 aromatic heterocycles. The number of rotatable bonds is 9. The molecule has 1 unspecified atom stereocenters. The van der Waals surface area contributed by atoms with Gasteiger partial charge in [0.2, 0.25) is 5.91 Å². The maximum Gasteiger partial charge on any atom is 0.223 e.